The Morgan fingerprint density at radius 2 is 1.83 bits per heavy atom. The van der Waals surface area contributed by atoms with Crippen LogP contribution >= 0.6 is 0 Å². The number of aldehydes is 2. The average Bonchev–Trinajstić information content (AvgIpc) is 2.25. The van der Waals surface area contributed by atoms with Gasteiger partial charge in [0.2, 0.25) is 0 Å². The lowest BCUT2D eigenvalue weighted by atomic mass is 9.67. The summed E-state index contributed by atoms with van der Waals surface area (Å²) in [4.78, 5) is 21.6. The highest BCUT2D eigenvalue weighted by molar-refractivity contribution is 5.66. The molecule has 2 nitrogen and oxygen atoms in total. The minimum atomic E-state index is -0.307. The van der Waals surface area contributed by atoms with Crippen LogP contribution in [0.2, 0.25) is 0 Å². The molecule has 0 aliphatic heterocycles. The maximum Gasteiger partial charge on any atom is 0.126 e. The highest BCUT2D eigenvalue weighted by Gasteiger charge is 2.51. The van der Waals surface area contributed by atoms with Crippen LogP contribution in [0.5, 0.6) is 0 Å². The zero-order valence-electron chi connectivity index (χ0n) is 7.96. The minimum absolute atomic E-state index is 0.0488. The number of carbonyl (C=O) groups excluding carboxylic acids is 2. The van der Waals surface area contributed by atoms with Gasteiger partial charge >= 0.3 is 0 Å². The largest absolute Gasteiger partial charge is 0.303 e. The van der Waals surface area contributed by atoms with Crippen molar-refractivity contribution in [1.82, 2.24) is 0 Å². The lowest BCUT2D eigenvalue weighted by molar-refractivity contribution is -0.122. The van der Waals surface area contributed by atoms with Crippen molar-refractivity contribution in [3.8, 4) is 0 Å². The van der Waals surface area contributed by atoms with E-state index in [-0.39, 0.29) is 16.7 Å². The van der Waals surface area contributed by atoms with Crippen molar-refractivity contribution >= 4 is 12.6 Å². The van der Waals surface area contributed by atoms with Crippen LogP contribution in [0.25, 0.3) is 0 Å². The summed E-state index contributed by atoms with van der Waals surface area (Å²) in [6, 6.07) is 0. The van der Waals surface area contributed by atoms with E-state index in [0.29, 0.717) is 0 Å². The first-order valence-corrected chi connectivity index (χ1v) is 4.39. The van der Waals surface area contributed by atoms with Gasteiger partial charge in [-0.05, 0) is 18.3 Å². The van der Waals surface area contributed by atoms with Gasteiger partial charge in [0.05, 0.1) is 0 Å². The van der Waals surface area contributed by atoms with Gasteiger partial charge < -0.3 is 9.59 Å². The van der Waals surface area contributed by atoms with E-state index in [1.165, 1.54) is 0 Å². The third kappa shape index (κ3) is 1.01. The molecule has 2 atom stereocenters. The molecule has 0 bridgehead atoms. The molecule has 0 aromatic carbocycles. The molecule has 1 fully saturated rings. The third-order valence-corrected chi connectivity index (χ3v) is 3.80. The van der Waals surface area contributed by atoms with Crippen molar-refractivity contribution in [3.05, 3.63) is 0 Å². The number of hydrogen-bond acceptors (Lipinski definition) is 2. The zero-order chi connectivity index (χ0) is 9.41. The van der Waals surface area contributed by atoms with Gasteiger partial charge in [-0.25, -0.2) is 0 Å². The van der Waals surface area contributed by atoms with Gasteiger partial charge in [0.1, 0.15) is 12.6 Å². The van der Waals surface area contributed by atoms with Crippen molar-refractivity contribution in [2.24, 2.45) is 16.7 Å². The lowest BCUT2D eigenvalue weighted by Crippen LogP contribution is -2.35. The van der Waals surface area contributed by atoms with Crippen LogP contribution < -0.4 is 0 Å². The number of hydrogen-bond donors (Lipinski definition) is 0. The molecule has 1 saturated carbocycles. The summed E-state index contributed by atoms with van der Waals surface area (Å²) in [5, 5.41) is 0. The van der Waals surface area contributed by atoms with E-state index in [9.17, 15) is 9.59 Å². The highest BCUT2D eigenvalue weighted by atomic mass is 16.1. The summed E-state index contributed by atoms with van der Waals surface area (Å²) >= 11 is 0. The standard InChI is InChI=1S/C10H16O2/c1-9(2)8(6-11)4-5-10(9,3)7-12/h6-8H,4-5H2,1-3H3. The van der Waals surface area contributed by atoms with Crippen molar-refractivity contribution in [2.75, 3.05) is 0 Å². The van der Waals surface area contributed by atoms with E-state index in [2.05, 4.69) is 0 Å². The van der Waals surface area contributed by atoms with Crippen LogP contribution in [0.3, 0.4) is 0 Å². The topological polar surface area (TPSA) is 34.1 Å². The fourth-order valence-corrected chi connectivity index (χ4v) is 2.01. The molecule has 0 saturated heterocycles. The van der Waals surface area contributed by atoms with E-state index < -0.39 is 0 Å². The Hall–Kier alpha value is -0.660. The van der Waals surface area contributed by atoms with Crippen LogP contribution in [0.15, 0.2) is 0 Å². The Balaban J connectivity index is 2.98. The van der Waals surface area contributed by atoms with E-state index in [1.807, 2.05) is 20.8 Å². The second-order valence-electron chi connectivity index (χ2n) is 4.54. The van der Waals surface area contributed by atoms with Crippen molar-refractivity contribution < 1.29 is 9.59 Å². The smallest absolute Gasteiger partial charge is 0.126 e. The van der Waals surface area contributed by atoms with Crippen LogP contribution in [-0.2, 0) is 9.59 Å². The minimum Gasteiger partial charge on any atom is -0.303 e. The Morgan fingerprint density at radius 1 is 1.25 bits per heavy atom. The predicted molar refractivity (Wildman–Crippen MR) is 46.7 cm³/mol. The first-order chi connectivity index (χ1) is 5.48. The highest BCUT2D eigenvalue weighted by Crippen LogP contribution is 2.53. The first-order valence-electron chi connectivity index (χ1n) is 4.39. The molecule has 0 heterocycles. The van der Waals surface area contributed by atoms with Crippen LogP contribution in [-0.4, -0.2) is 12.6 Å². The summed E-state index contributed by atoms with van der Waals surface area (Å²) in [6.45, 7) is 5.96. The molecule has 68 valence electrons. The SMILES string of the molecule is CC1(C=O)CCC(C=O)C1(C)C. The van der Waals surface area contributed by atoms with Gasteiger partial charge in [-0.15, -0.1) is 0 Å². The molecule has 1 rings (SSSR count). The van der Waals surface area contributed by atoms with Crippen LogP contribution in [0.4, 0.5) is 0 Å². The summed E-state index contributed by atoms with van der Waals surface area (Å²) in [5.41, 5.74) is -0.477. The molecule has 12 heavy (non-hydrogen) atoms. The van der Waals surface area contributed by atoms with E-state index in [1.54, 1.807) is 0 Å². The second kappa shape index (κ2) is 2.68. The van der Waals surface area contributed by atoms with Crippen molar-refractivity contribution in [3.63, 3.8) is 0 Å². The van der Waals surface area contributed by atoms with Gasteiger partial charge in [0.25, 0.3) is 0 Å². The molecule has 0 spiro atoms. The van der Waals surface area contributed by atoms with Gasteiger partial charge in [0.15, 0.2) is 0 Å². The molecule has 1 aliphatic carbocycles. The van der Waals surface area contributed by atoms with E-state index in [0.717, 1.165) is 25.4 Å². The summed E-state index contributed by atoms with van der Waals surface area (Å²) in [5.74, 6) is 0.0488. The number of rotatable bonds is 2. The molecule has 0 N–H and O–H groups in total. The Bertz CT molecular complexity index is 208. The molecule has 0 amide bonds. The fourth-order valence-electron chi connectivity index (χ4n) is 2.01. The molecule has 1 aliphatic rings. The zero-order valence-corrected chi connectivity index (χ0v) is 7.96. The van der Waals surface area contributed by atoms with E-state index >= 15 is 0 Å². The summed E-state index contributed by atoms with van der Waals surface area (Å²) in [7, 11) is 0. The average molecular weight is 168 g/mol. The maximum absolute atomic E-state index is 10.9. The molecule has 0 aromatic heterocycles. The van der Waals surface area contributed by atoms with Gasteiger partial charge in [-0.2, -0.15) is 0 Å². The molecule has 2 unspecified atom stereocenters. The Kier molecular flexibility index (Phi) is 2.11. The summed E-state index contributed by atoms with van der Waals surface area (Å²) < 4.78 is 0. The molecular formula is C10H16O2. The first kappa shape index (κ1) is 9.43. The number of carbonyl (C=O) groups is 2. The quantitative estimate of drug-likeness (QED) is 0.589. The Labute approximate surface area is 73.3 Å². The maximum atomic E-state index is 10.9. The van der Waals surface area contributed by atoms with Crippen molar-refractivity contribution in [2.45, 2.75) is 33.6 Å². The van der Waals surface area contributed by atoms with Crippen molar-refractivity contribution in [1.29, 1.82) is 0 Å². The van der Waals surface area contributed by atoms with Gasteiger partial charge in [-0.1, -0.05) is 20.8 Å². The monoisotopic (exact) mass is 168 g/mol. The van der Waals surface area contributed by atoms with Crippen LogP contribution in [0.1, 0.15) is 33.6 Å². The second-order valence-corrected chi connectivity index (χ2v) is 4.54. The molecule has 0 aromatic rings. The summed E-state index contributed by atoms with van der Waals surface area (Å²) in [6.07, 6.45) is 3.70. The van der Waals surface area contributed by atoms with E-state index in [4.69, 9.17) is 0 Å². The molecule has 0 radical (unpaired) electrons. The third-order valence-electron chi connectivity index (χ3n) is 3.80. The fraction of sp³-hybridized carbons (Fsp3) is 0.800. The lowest BCUT2D eigenvalue weighted by Gasteiger charge is -2.35. The van der Waals surface area contributed by atoms with Gasteiger partial charge in [0, 0.05) is 11.3 Å². The van der Waals surface area contributed by atoms with Crippen LogP contribution in [0, 0.1) is 16.7 Å². The predicted octanol–water partition coefficient (Wildman–Crippen LogP) is 1.83. The molecular weight excluding hydrogens is 152 g/mol. The van der Waals surface area contributed by atoms with Gasteiger partial charge in [-0.3, -0.25) is 0 Å². The normalized spacial score (nSPS) is 39.4. The molecule has 2 heteroatoms. The Morgan fingerprint density at radius 3 is 2.08 bits per heavy atom.